The van der Waals surface area contributed by atoms with Crippen molar-refractivity contribution in [2.75, 3.05) is 11.9 Å². The molecular weight excluding hydrogens is 230 g/mol. The van der Waals surface area contributed by atoms with Crippen LogP contribution in [-0.4, -0.2) is 29.3 Å². The van der Waals surface area contributed by atoms with Gasteiger partial charge >= 0.3 is 5.97 Å². The van der Waals surface area contributed by atoms with Crippen LogP contribution < -0.4 is 4.90 Å². The summed E-state index contributed by atoms with van der Waals surface area (Å²) in [5.41, 5.74) is 1.17. The molecule has 1 aromatic rings. The number of carboxylic acid groups (broad SMARTS) is 1. The van der Waals surface area contributed by atoms with E-state index in [0.717, 1.165) is 11.3 Å². The highest BCUT2D eigenvalue weighted by Gasteiger charge is 2.36. The zero-order valence-electron chi connectivity index (χ0n) is 11.0. The summed E-state index contributed by atoms with van der Waals surface area (Å²) in [4.78, 5) is 13.3. The first kappa shape index (κ1) is 12.7. The minimum Gasteiger partial charge on any atom is -0.508 e. The van der Waals surface area contributed by atoms with E-state index in [4.69, 9.17) is 0 Å². The molecule has 0 spiro atoms. The Labute approximate surface area is 107 Å². The average Bonchev–Trinajstić information content (AvgIpc) is 2.58. The van der Waals surface area contributed by atoms with Crippen LogP contribution in [-0.2, 0) is 11.2 Å². The molecule has 1 aromatic carbocycles. The SMILES string of the molecule is CN1c2cccc(O)c2CC1CC(C)(C)C(=O)O. The first-order valence-electron chi connectivity index (χ1n) is 6.10. The van der Waals surface area contributed by atoms with Crippen molar-refractivity contribution in [2.45, 2.75) is 32.7 Å². The fourth-order valence-electron chi connectivity index (χ4n) is 2.56. The summed E-state index contributed by atoms with van der Waals surface area (Å²) in [5, 5.41) is 19.0. The highest BCUT2D eigenvalue weighted by atomic mass is 16.4. The maximum Gasteiger partial charge on any atom is 0.309 e. The molecule has 0 aliphatic carbocycles. The highest BCUT2D eigenvalue weighted by Crippen LogP contribution is 2.40. The number of hydrogen-bond acceptors (Lipinski definition) is 3. The zero-order chi connectivity index (χ0) is 13.5. The topological polar surface area (TPSA) is 60.8 Å². The Hall–Kier alpha value is -1.71. The van der Waals surface area contributed by atoms with Gasteiger partial charge in [-0.1, -0.05) is 6.07 Å². The first-order valence-corrected chi connectivity index (χ1v) is 6.10. The van der Waals surface area contributed by atoms with Crippen molar-refractivity contribution >= 4 is 11.7 Å². The van der Waals surface area contributed by atoms with Crippen LogP contribution in [0.25, 0.3) is 0 Å². The van der Waals surface area contributed by atoms with E-state index >= 15 is 0 Å². The maximum absolute atomic E-state index is 11.2. The van der Waals surface area contributed by atoms with Crippen molar-refractivity contribution in [1.82, 2.24) is 0 Å². The molecule has 2 rings (SSSR count). The molecule has 1 atom stereocenters. The third-order valence-electron chi connectivity index (χ3n) is 3.82. The number of carboxylic acids is 1. The molecule has 1 unspecified atom stereocenters. The number of hydrogen-bond donors (Lipinski definition) is 2. The molecule has 0 saturated carbocycles. The number of likely N-dealkylation sites (N-methyl/N-ethyl adjacent to an activating group) is 1. The van der Waals surface area contributed by atoms with Gasteiger partial charge in [0.15, 0.2) is 0 Å². The van der Waals surface area contributed by atoms with Gasteiger partial charge in [0, 0.05) is 24.3 Å². The number of carbonyl (C=O) groups is 1. The Morgan fingerprint density at radius 3 is 2.72 bits per heavy atom. The summed E-state index contributed by atoms with van der Waals surface area (Å²) in [6, 6.07) is 5.58. The van der Waals surface area contributed by atoms with Crippen LogP contribution in [0.15, 0.2) is 18.2 Å². The van der Waals surface area contributed by atoms with Crippen molar-refractivity contribution in [2.24, 2.45) is 5.41 Å². The van der Waals surface area contributed by atoms with Crippen LogP contribution in [0.3, 0.4) is 0 Å². The van der Waals surface area contributed by atoms with Crippen LogP contribution in [0.5, 0.6) is 5.75 Å². The second kappa shape index (κ2) is 4.19. The fourth-order valence-corrected chi connectivity index (χ4v) is 2.56. The molecule has 4 nitrogen and oxygen atoms in total. The Morgan fingerprint density at radius 2 is 2.17 bits per heavy atom. The molecule has 0 saturated heterocycles. The molecule has 1 aliphatic rings. The van der Waals surface area contributed by atoms with E-state index in [1.807, 2.05) is 19.2 Å². The lowest BCUT2D eigenvalue weighted by Gasteiger charge is -2.29. The summed E-state index contributed by atoms with van der Waals surface area (Å²) in [7, 11) is 1.95. The molecule has 0 aromatic heterocycles. The average molecular weight is 249 g/mol. The first-order chi connectivity index (χ1) is 8.33. The third kappa shape index (κ3) is 2.03. The molecule has 18 heavy (non-hydrogen) atoms. The molecule has 0 fully saturated rings. The molecule has 0 bridgehead atoms. The molecule has 2 N–H and O–H groups in total. The van der Waals surface area contributed by atoms with Gasteiger partial charge in [-0.15, -0.1) is 0 Å². The number of nitrogens with zero attached hydrogens (tertiary/aromatic N) is 1. The van der Waals surface area contributed by atoms with Crippen LogP contribution >= 0.6 is 0 Å². The Morgan fingerprint density at radius 1 is 1.50 bits per heavy atom. The number of anilines is 1. The van der Waals surface area contributed by atoms with Crippen LogP contribution in [0, 0.1) is 5.41 Å². The van der Waals surface area contributed by atoms with Gasteiger partial charge in [-0.05, 0) is 38.8 Å². The van der Waals surface area contributed by atoms with Crippen molar-refractivity contribution in [1.29, 1.82) is 0 Å². The number of rotatable bonds is 3. The van der Waals surface area contributed by atoms with E-state index in [1.54, 1.807) is 19.9 Å². The van der Waals surface area contributed by atoms with E-state index in [0.29, 0.717) is 18.6 Å². The van der Waals surface area contributed by atoms with Crippen molar-refractivity contribution in [3.8, 4) is 5.75 Å². The zero-order valence-corrected chi connectivity index (χ0v) is 11.0. The molecule has 4 heteroatoms. The van der Waals surface area contributed by atoms with Crippen LogP contribution in [0.4, 0.5) is 5.69 Å². The van der Waals surface area contributed by atoms with Gasteiger partial charge < -0.3 is 15.1 Å². The third-order valence-corrected chi connectivity index (χ3v) is 3.82. The number of phenols is 1. The van der Waals surface area contributed by atoms with Gasteiger partial charge in [-0.25, -0.2) is 0 Å². The van der Waals surface area contributed by atoms with Crippen molar-refractivity contribution < 1.29 is 15.0 Å². The number of fused-ring (bicyclic) bond motifs is 1. The molecule has 98 valence electrons. The molecule has 1 aliphatic heterocycles. The van der Waals surface area contributed by atoms with Crippen LogP contribution in [0.2, 0.25) is 0 Å². The molecular formula is C14H19NO3. The second-order valence-corrected chi connectivity index (χ2v) is 5.64. The minimum absolute atomic E-state index is 0.124. The summed E-state index contributed by atoms with van der Waals surface area (Å²) < 4.78 is 0. The molecule has 0 amide bonds. The summed E-state index contributed by atoms with van der Waals surface area (Å²) in [6.45, 7) is 3.48. The Kier molecular flexibility index (Phi) is 2.97. The van der Waals surface area contributed by atoms with E-state index in [2.05, 4.69) is 4.90 Å². The number of benzene rings is 1. The lowest BCUT2D eigenvalue weighted by Crippen LogP contribution is -2.36. The molecule has 0 radical (unpaired) electrons. The predicted molar refractivity (Wildman–Crippen MR) is 70.0 cm³/mol. The fraction of sp³-hybridized carbons (Fsp3) is 0.500. The van der Waals surface area contributed by atoms with Gasteiger partial charge in [0.25, 0.3) is 0 Å². The largest absolute Gasteiger partial charge is 0.508 e. The van der Waals surface area contributed by atoms with E-state index in [9.17, 15) is 15.0 Å². The van der Waals surface area contributed by atoms with Crippen molar-refractivity contribution in [3.05, 3.63) is 23.8 Å². The number of phenolic OH excluding ortho intramolecular Hbond substituents is 1. The predicted octanol–water partition coefficient (Wildman–Crippen LogP) is 2.25. The summed E-state index contributed by atoms with van der Waals surface area (Å²) >= 11 is 0. The molecule has 1 heterocycles. The standard InChI is InChI=1S/C14H19NO3/c1-14(2,13(17)18)8-9-7-10-11(15(9)3)5-4-6-12(10)16/h4-6,9,16H,7-8H2,1-3H3,(H,17,18). The lowest BCUT2D eigenvalue weighted by atomic mass is 9.85. The Balaban J connectivity index is 2.22. The number of aliphatic carboxylic acids is 1. The normalized spacial score (nSPS) is 18.8. The minimum atomic E-state index is -0.781. The second-order valence-electron chi connectivity index (χ2n) is 5.64. The van der Waals surface area contributed by atoms with Crippen LogP contribution in [0.1, 0.15) is 25.8 Å². The maximum atomic E-state index is 11.2. The highest BCUT2D eigenvalue weighted by molar-refractivity contribution is 5.74. The van der Waals surface area contributed by atoms with Crippen molar-refractivity contribution in [3.63, 3.8) is 0 Å². The van der Waals surface area contributed by atoms with E-state index < -0.39 is 11.4 Å². The number of aromatic hydroxyl groups is 1. The van der Waals surface area contributed by atoms with Gasteiger partial charge in [0.2, 0.25) is 0 Å². The lowest BCUT2D eigenvalue weighted by molar-refractivity contribution is -0.147. The van der Waals surface area contributed by atoms with E-state index in [1.165, 1.54) is 0 Å². The smallest absolute Gasteiger partial charge is 0.309 e. The van der Waals surface area contributed by atoms with E-state index in [-0.39, 0.29) is 6.04 Å². The van der Waals surface area contributed by atoms with Gasteiger partial charge in [-0.2, -0.15) is 0 Å². The summed E-state index contributed by atoms with van der Waals surface area (Å²) in [6.07, 6.45) is 1.27. The van der Waals surface area contributed by atoms with Gasteiger partial charge in [0.1, 0.15) is 5.75 Å². The van der Waals surface area contributed by atoms with Gasteiger partial charge in [0.05, 0.1) is 5.41 Å². The quantitative estimate of drug-likeness (QED) is 0.862. The monoisotopic (exact) mass is 249 g/mol. The summed E-state index contributed by atoms with van der Waals surface area (Å²) in [5.74, 6) is -0.481. The Bertz CT molecular complexity index is 482. The van der Waals surface area contributed by atoms with Gasteiger partial charge in [-0.3, -0.25) is 4.79 Å².